The van der Waals surface area contributed by atoms with Crippen molar-refractivity contribution in [1.82, 2.24) is 4.98 Å². The summed E-state index contributed by atoms with van der Waals surface area (Å²) in [5.41, 5.74) is 4.61. The summed E-state index contributed by atoms with van der Waals surface area (Å²) in [6, 6.07) is 3.25. The van der Waals surface area contributed by atoms with Crippen molar-refractivity contribution in [2.45, 2.75) is 25.0 Å². The largest absolute Gasteiger partial charge is 0.385 e. The van der Waals surface area contributed by atoms with Crippen molar-refractivity contribution in [3.05, 3.63) is 23.9 Å². The maximum Gasteiger partial charge on any atom is 0.250 e. The number of rotatable bonds is 4. The van der Waals surface area contributed by atoms with Crippen molar-refractivity contribution in [2.75, 3.05) is 18.5 Å². The van der Waals surface area contributed by atoms with E-state index in [1.165, 1.54) is 6.20 Å². The molecule has 1 aromatic rings. The Morgan fingerprint density at radius 2 is 2.50 bits per heavy atom. The zero-order valence-electron chi connectivity index (χ0n) is 10.2. The molecule has 18 heavy (non-hydrogen) atoms. The molecule has 2 rings (SSSR count). The number of ether oxygens (including phenoxy) is 1. The third-order valence-electron chi connectivity index (χ3n) is 3.28. The quantitative estimate of drug-likeness (QED) is 0.706. The van der Waals surface area contributed by atoms with E-state index in [1.807, 2.05) is 6.92 Å². The van der Waals surface area contributed by atoms with Gasteiger partial charge in [0.05, 0.1) is 11.7 Å². The Labute approximate surface area is 105 Å². The van der Waals surface area contributed by atoms with Gasteiger partial charge in [0.25, 0.3) is 0 Å². The standard InChI is InChI=1S/C12H17N3O3/c1-8-12(17,4-5-18-8)7-15-10-3-2-9(6-14-10)11(13)16/h2-3,6,8,17H,4-5,7H2,1H3,(H2,13,16)(H,14,15). The summed E-state index contributed by atoms with van der Waals surface area (Å²) >= 11 is 0. The van der Waals surface area contributed by atoms with E-state index in [9.17, 15) is 9.90 Å². The van der Waals surface area contributed by atoms with Gasteiger partial charge in [-0.05, 0) is 19.1 Å². The van der Waals surface area contributed by atoms with Gasteiger partial charge in [-0.15, -0.1) is 0 Å². The molecule has 0 spiro atoms. The fraction of sp³-hybridized carbons (Fsp3) is 0.500. The Bertz CT molecular complexity index is 435. The first-order valence-electron chi connectivity index (χ1n) is 5.85. The molecular weight excluding hydrogens is 234 g/mol. The van der Waals surface area contributed by atoms with Gasteiger partial charge in [0.1, 0.15) is 11.4 Å². The average molecular weight is 251 g/mol. The summed E-state index contributed by atoms with van der Waals surface area (Å²) in [4.78, 5) is 14.9. The molecule has 98 valence electrons. The number of pyridine rings is 1. The summed E-state index contributed by atoms with van der Waals surface area (Å²) in [5, 5.41) is 13.3. The molecule has 0 saturated carbocycles. The highest BCUT2D eigenvalue weighted by molar-refractivity contribution is 5.92. The fourth-order valence-electron chi connectivity index (χ4n) is 1.89. The lowest BCUT2D eigenvalue weighted by molar-refractivity contribution is -0.0176. The SMILES string of the molecule is CC1OCCC1(O)CNc1ccc(C(N)=O)cn1. The van der Waals surface area contributed by atoms with Crippen LogP contribution in [-0.2, 0) is 4.74 Å². The minimum absolute atomic E-state index is 0.199. The Morgan fingerprint density at radius 1 is 1.72 bits per heavy atom. The monoisotopic (exact) mass is 251 g/mol. The molecule has 0 aliphatic carbocycles. The van der Waals surface area contributed by atoms with Gasteiger partial charge in [-0.3, -0.25) is 4.79 Å². The molecule has 1 amide bonds. The van der Waals surface area contributed by atoms with Crippen molar-refractivity contribution >= 4 is 11.7 Å². The number of nitrogens with zero attached hydrogens (tertiary/aromatic N) is 1. The van der Waals surface area contributed by atoms with Crippen LogP contribution in [0.3, 0.4) is 0 Å². The molecule has 2 atom stereocenters. The Morgan fingerprint density at radius 3 is 3.00 bits per heavy atom. The third kappa shape index (κ3) is 2.60. The fourth-order valence-corrected chi connectivity index (χ4v) is 1.89. The third-order valence-corrected chi connectivity index (χ3v) is 3.28. The van der Waals surface area contributed by atoms with Crippen LogP contribution in [0.2, 0.25) is 0 Å². The van der Waals surface area contributed by atoms with Gasteiger partial charge in [-0.25, -0.2) is 4.98 Å². The topological polar surface area (TPSA) is 97.5 Å². The van der Waals surface area contributed by atoms with Crippen LogP contribution in [0.5, 0.6) is 0 Å². The normalized spacial score (nSPS) is 27.1. The molecule has 1 aromatic heterocycles. The number of hydrogen-bond donors (Lipinski definition) is 3. The predicted molar refractivity (Wildman–Crippen MR) is 66.2 cm³/mol. The zero-order chi connectivity index (χ0) is 13.2. The lowest BCUT2D eigenvalue weighted by atomic mass is 9.97. The van der Waals surface area contributed by atoms with E-state index in [2.05, 4.69) is 10.3 Å². The smallest absolute Gasteiger partial charge is 0.250 e. The highest BCUT2D eigenvalue weighted by atomic mass is 16.5. The van der Waals surface area contributed by atoms with E-state index in [1.54, 1.807) is 12.1 Å². The Kier molecular flexibility index (Phi) is 3.49. The number of hydrogen-bond acceptors (Lipinski definition) is 5. The summed E-state index contributed by atoms with van der Waals surface area (Å²) < 4.78 is 5.34. The number of anilines is 1. The number of nitrogens with one attached hydrogen (secondary N) is 1. The molecule has 1 saturated heterocycles. The number of amides is 1. The summed E-state index contributed by atoms with van der Waals surface area (Å²) in [5.74, 6) is 0.0815. The van der Waals surface area contributed by atoms with Crippen LogP contribution in [-0.4, -0.2) is 40.9 Å². The molecule has 0 bridgehead atoms. The average Bonchev–Trinajstić information content (AvgIpc) is 2.68. The molecule has 0 aromatic carbocycles. The van der Waals surface area contributed by atoms with E-state index in [0.717, 1.165) is 0 Å². The Hall–Kier alpha value is -1.66. The van der Waals surface area contributed by atoms with Gasteiger partial charge < -0.3 is 20.9 Å². The second kappa shape index (κ2) is 4.91. The van der Waals surface area contributed by atoms with Gasteiger partial charge in [-0.1, -0.05) is 0 Å². The number of primary amides is 1. The van der Waals surface area contributed by atoms with Gasteiger partial charge in [0, 0.05) is 25.8 Å². The molecule has 1 aliphatic heterocycles. The molecule has 4 N–H and O–H groups in total. The van der Waals surface area contributed by atoms with E-state index >= 15 is 0 Å². The van der Waals surface area contributed by atoms with Crippen molar-refractivity contribution in [3.8, 4) is 0 Å². The van der Waals surface area contributed by atoms with Crippen molar-refractivity contribution in [2.24, 2.45) is 5.73 Å². The van der Waals surface area contributed by atoms with Crippen LogP contribution in [0.25, 0.3) is 0 Å². The first kappa shape index (κ1) is 12.8. The second-order valence-electron chi connectivity index (χ2n) is 4.52. The van der Waals surface area contributed by atoms with Crippen LogP contribution in [0.4, 0.5) is 5.82 Å². The summed E-state index contributed by atoms with van der Waals surface area (Å²) in [6.45, 7) is 2.77. The number of carbonyl (C=O) groups is 1. The van der Waals surface area contributed by atoms with Gasteiger partial charge in [-0.2, -0.15) is 0 Å². The number of aliphatic hydroxyl groups is 1. The summed E-state index contributed by atoms with van der Waals surface area (Å²) in [7, 11) is 0. The van der Waals surface area contributed by atoms with Crippen molar-refractivity contribution < 1.29 is 14.6 Å². The molecule has 6 heteroatoms. The lowest BCUT2D eigenvalue weighted by Crippen LogP contribution is -2.43. The molecule has 6 nitrogen and oxygen atoms in total. The molecular formula is C12H17N3O3. The van der Waals surface area contributed by atoms with Gasteiger partial charge >= 0.3 is 0 Å². The van der Waals surface area contributed by atoms with Crippen LogP contribution in [0, 0.1) is 0 Å². The van der Waals surface area contributed by atoms with Crippen molar-refractivity contribution in [3.63, 3.8) is 0 Å². The number of aromatic nitrogens is 1. The second-order valence-corrected chi connectivity index (χ2v) is 4.52. The van der Waals surface area contributed by atoms with Crippen molar-refractivity contribution in [1.29, 1.82) is 0 Å². The zero-order valence-corrected chi connectivity index (χ0v) is 10.2. The van der Waals surface area contributed by atoms with E-state index < -0.39 is 11.5 Å². The molecule has 2 heterocycles. The minimum atomic E-state index is -0.871. The van der Waals surface area contributed by atoms with Crippen LogP contribution < -0.4 is 11.1 Å². The molecule has 1 fully saturated rings. The highest BCUT2D eigenvalue weighted by Gasteiger charge is 2.39. The number of carbonyl (C=O) groups excluding carboxylic acids is 1. The van der Waals surface area contributed by atoms with Gasteiger partial charge in [0.15, 0.2) is 0 Å². The first-order valence-corrected chi connectivity index (χ1v) is 5.85. The Balaban J connectivity index is 1.96. The highest BCUT2D eigenvalue weighted by Crippen LogP contribution is 2.25. The first-order chi connectivity index (χ1) is 8.51. The van der Waals surface area contributed by atoms with E-state index in [-0.39, 0.29) is 6.10 Å². The molecule has 2 unspecified atom stereocenters. The minimum Gasteiger partial charge on any atom is -0.385 e. The molecule has 0 radical (unpaired) electrons. The van der Waals surface area contributed by atoms with E-state index in [4.69, 9.17) is 10.5 Å². The van der Waals surface area contributed by atoms with Crippen LogP contribution >= 0.6 is 0 Å². The maximum atomic E-state index is 10.9. The lowest BCUT2D eigenvalue weighted by Gasteiger charge is -2.26. The molecule has 1 aliphatic rings. The van der Waals surface area contributed by atoms with Crippen LogP contribution in [0.1, 0.15) is 23.7 Å². The number of nitrogens with two attached hydrogens (primary N) is 1. The van der Waals surface area contributed by atoms with Crippen LogP contribution in [0.15, 0.2) is 18.3 Å². The predicted octanol–water partition coefficient (Wildman–Crippen LogP) is 0.132. The van der Waals surface area contributed by atoms with Gasteiger partial charge in [0.2, 0.25) is 5.91 Å². The summed E-state index contributed by atoms with van der Waals surface area (Å²) in [6.07, 6.45) is 1.80. The maximum absolute atomic E-state index is 10.9. The van der Waals surface area contributed by atoms with E-state index in [0.29, 0.717) is 31.0 Å².